The molecule has 4 heteroatoms. The highest BCUT2D eigenvalue weighted by Crippen LogP contribution is 2.40. The largest absolute Gasteiger partial charge is 0.347 e. The first kappa shape index (κ1) is 15.6. The maximum atomic E-state index is 5.90. The van der Waals surface area contributed by atoms with E-state index in [2.05, 4.69) is 37.8 Å². The van der Waals surface area contributed by atoms with E-state index in [1.165, 1.54) is 18.6 Å². The molecule has 3 nitrogen and oxygen atoms in total. The third-order valence-corrected chi connectivity index (χ3v) is 5.50. The van der Waals surface area contributed by atoms with E-state index in [-0.39, 0.29) is 5.79 Å². The lowest BCUT2D eigenvalue weighted by Gasteiger charge is -2.41. The fourth-order valence-electron chi connectivity index (χ4n) is 3.00. The summed E-state index contributed by atoms with van der Waals surface area (Å²) in [6.45, 7) is 9.40. The summed E-state index contributed by atoms with van der Waals surface area (Å²) in [5.41, 5.74) is 0. The zero-order valence-electron chi connectivity index (χ0n) is 12.6. The van der Waals surface area contributed by atoms with Crippen LogP contribution in [0.2, 0.25) is 0 Å². The van der Waals surface area contributed by atoms with Gasteiger partial charge in [-0.25, -0.2) is 0 Å². The van der Waals surface area contributed by atoms with Crippen LogP contribution in [0.25, 0.3) is 0 Å². The van der Waals surface area contributed by atoms with Crippen LogP contribution in [-0.2, 0) is 9.47 Å². The van der Waals surface area contributed by atoms with Crippen molar-refractivity contribution in [2.45, 2.75) is 63.5 Å². The van der Waals surface area contributed by atoms with Crippen LogP contribution in [0.5, 0.6) is 0 Å². The Hall–Kier alpha value is 0.230. The van der Waals surface area contributed by atoms with Crippen LogP contribution in [0.1, 0.15) is 46.5 Å². The van der Waals surface area contributed by atoms with E-state index in [0.29, 0.717) is 11.3 Å². The molecule has 112 valence electrons. The molecule has 0 aromatic carbocycles. The number of hydrogen-bond donors (Lipinski definition) is 1. The van der Waals surface area contributed by atoms with E-state index in [4.69, 9.17) is 9.47 Å². The molecule has 1 heterocycles. The second-order valence-corrected chi connectivity index (χ2v) is 7.45. The minimum Gasteiger partial charge on any atom is -0.347 e. The van der Waals surface area contributed by atoms with Gasteiger partial charge in [-0.05, 0) is 31.1 Å². The van der Waals surface area contributed by atoms with Gasteiger partial charge < -0.3 is 14.8 Å². The monoisotopic (exact) mass is 287 g/mol. The van der Waals surface area contributed by atoms with Gasteiger partial charge in [0.25, 0.3) is 0 Å². The van der Waals surface area contributed by atoms with Gasteiger partial charge in [0.05, 0.1) is 13.2 Å². The third kappa shape index (κ3) is 4.35. The number of hydrogen-bond acceptors (Lipinski definition) is 4. The van der Waals surface area contributed by atoms with Crippen molar-refractivity contribution in [2.75, 3.05) is 25.5 Å². The highest BCUT2D eigenvalue weighted by atomic mass is 32.2. The van der Waals surface area contributed by atoms with Gasteiger partial charge in [-0.3, -0.25) is 0 Å². The Bertz CT molecular complexity index is 267. The van der Waals surface area contributed by atoms with Gasteiger partial charge in [-0.1, -0.05) is 20.8 Å². The Morgan fingerprint density at radius 2 is 2.05 bits per heavy atom. The van der Waals surface area contributed by atoms with Crippen LogP contribution in [0.4, 0.5) is 0 Å². The molecule has 0 aromatic rings. The maximum absolute atomic E-state index is 5.90. The van der Waals surface area contributed by atoms with Gasteiger partial charge in [-0.2, -0.15) is 11.8 Å². The van der Waals surface area contributed by atoms with E-state index in [1.807, 2.05) is 0 Å². The van der Waals surface area contributed by atoms with E-state index in [9.17, 15) is 0 Å². The SMILES string of the molecule is CCNC1CCC2(CC1SCCC(C)C)OCCO2. The van der Waals surface area contributed by atoms with Crippen molar-refractivity contribution in [2.24, 2.45) is 5.92 Å². The Morgan fingerprint density at radius 1 is 1.32 bits per heavy atom. The van der Waals surface area contributed by atoms with E-state index in [0.717, 1.165) is 38.5 Å². The molecular formula is C15H29NO2S. The normalized spacial score (nSPS) is 30.3. The predicted molar refractivity (Wildman–Crippen MR) is 81.7 cm³/mol. The highest BCUT2D eigenvalue weighted by molar-refractivity contribution is 7.99. The Labute approximate surface area is 122 Å². The second kappa shape index (κ2) is 7.30. The van der Waals surface area contributed by atoms with Crippen LogP contribution < -0.4 is 5.32 Å². The lowest BCUT2D eigenvalue weighted by molar-refractivity contribution is -0.178. The van der Waals surface area contributed by atoms with Crippen LogP contribution in [-0.4, -0.2) is 42.6 Å². The summed E-state index contributed by atoms with van der Waals surface area (Å²) in [5.74, 6) is 1.79. The first-order valence-electron chi connectivity index (χ1n) is 7.78. The first-order valence-corrected chi connectivity index (χ1v) is 8.83. The molecule has 0 amide bonds. The van der Waals surface area contributed by atoms with Crippen molar-refractivity contribution in [1.82, 2.24) is 5.32 Å². The standard InChI is InChI=1S/C15H29NO2S/c1-4-16-13-5-7-15(17-8-9-18-15)11-14(13)19-10-6-12(2)3/h12-14,16H,4-11H2,1-3H3. The summed E-state index contributed by atoms with van der Waals surface area (Å²) >= 11 is 2.11. The fourth-order valence-corrected chi connectivity index (χ4v) is 4.74. The lowest BCUT2D eigenvalue weighted by atomic mass is 9.89. The average molecular weight is 287 g/mol. The molecule has 2 aliphatic rings. The number of ether oxygens (including phenoxy) is 2. The first-order chi connectivity index (χ1) is 9.15. The van der Waals surface area contributed by atoms with Crippen LogP contribution >= 0.6 is 11.8 Å². The van der Waals surface area contributed by atoms with Gasteiger partial charge in [0.2, 0.25) is 0 Å². The maximum Gasteiger partial charge on any atom is 0.169 e. The molecule has 1 saturated heterocycles. The summed E-state index contributed by atoms with van der Waals surface area (Å²) in [6.07, 6.45) is 4.57. The number of thioether (sulfide) groups is 1. The molecule has 0 bridgehead atoms. The van der Waals surface area contributed by atoms with Gasteiger partial charge in [0.1, 0.15) is 0 Å². The second-order valence-electron chi connectivity index (χ2n) is 6.11. The minimum absolute atomic E-state index is 0.249. The van der Waals surface area contributed by atoms with Crippen molar-refractivity contribution < 1.29 is 9.47 Å². The van der Waals surface area contributed by atoms with Gasteiger partial charge in [-0.15, -0.1) is 0 Å². The average Bonchev–Trinajstić information content (AvgIpc) is 2.81. The fraction of sp³-hybridized carbons (Fsp3) is 1.00. The molecule has 2 rings (SSSR count). The van der Waals surface area contributed by atoms with Gasteiger partial charge >= 0.3 is 0 Å². The molecule has 1 saturated carbocycles. The summed E-state index contributed by atoms with van der Waals surface area (Å²) in [4.78, 5) is 0. The van der Waals surface area contributed by atoms with Crippen LogP contribution in [0, 0.1) is 5.92 Å². The molecule has 2 unspecified atom stereocenters. The molecule has 1 aliphatic carbocycles. The van der Waals surface area contributed by atoms with Crippen LogP contribution in [0.15, 0.2) is 0 Å². The van der Waals surface area contributed by atoms with E-state index < -0.39 is 0 Å². The molecule has 19 heavy (non-hydrogen) atoms. The topological polar surface area (TPSA) is 30.5 Å². The van der Waals surface area contributed by atoms with Crippen molar-refractivity contribution in [3.63, 3.8) is 0 Å². The van der Waals surface area contributed by atoms with Gasteiger partial charge in [0, 0.05) is 24.1 Å². The molecule has 0 aromatic heterocycles. The quantitative estimate of drug-likeness (QED) is 0.813. The molecular weight excluding hydrogens is 258 g/mol. The third-order valence-electron chi connectivity index (χ3n) is 4.10. The zero-order chi connectivity index (χ0) is 13.7. The molecule has 2 fully saturated rings. The van der Waals surface area contributed by atoms with Crippen molar-refractivity contribution >= 4 is 11.8 Å². The highest BCUT2D eigenvalue weighted by Gasteiger charge is 2.44. The smallest absolute Gasteiger partial charge is 0.169 e. The zero-order valence-corrected chi connectivity index (χ0v) is 13.4. The van der Waals surface area contributed by atoms with E-state index in [1.54, 1.807) is 0 Å². The van der Waals surface area contributed by atoms with Gasteiger partial charge in [0.15, 0.2) is 5.79 Å². The summed E-state index contributed by atoms with van der Waals surface area (Å²) in [6, 6.07) is 0.626. The molecule has 1 N–H and O–H groups in total. The van der Waals surface area contributed by atoms with Crippen LogP contribution in [0.3, 0.4) is 0 Å². The van der Waals surface area contributed by atoms with Crippen molar-refractivity contribution in [1.29, 1.82) is 0 Å². The number of nitrogens with one attached hydrogen (secondary N) is 1. The van der Waals surface area contributed by atoms with E-state index >= 15 is 0 Å². The number of rotatable bonds is 6. The Kier molecular flexibility index (Phi) is 6.00. The lowest BCUT2D eigenvalue weighted by Crippen LogP contribution is -2.49. The van der Waals surface area contributed by atoms with Crippen molar-refractivity contribution in [3.05, 3.63) is 0 Å². The summed E-state index contributed by atoms with van der Waals surface area (Å²) in [7, 11) is 0. The minimum atomic E-state index is -0.249. The Morgan fingerprint density at radius 3 is 2.68 bits per heavy atom. The summed E-state index contributed by atoms with van der Waals surface area (Å²) in [5, 5.41) is 4.28. The summed E-state index contributed by atoms with van der Waals surface area (Å²) < 4.78 is 11.8. The molecule has 0 radical (unpaired) electrons. The van der Waals surface area contributed by atoms with Crippen molar-refractivity contribution in [3.8, 4) is 0 Å². The molecule has 1 aliphatic heterocycles. The molecule has 2 atom stereocenters. The molecule has 1 spiro atoms. The predicted octanol–water partition coefficient (Wildman–Crippen LogP) is 3.04. The Balaban J connectivity index is 1.88.